The molecule has 1 N–H and O–H groups in total. The number of aliphatic carboxylic acids is 1. The van der Waals surface area contributed by atoms with Crippen molar-refractivity contribution in [3.05, 3.63) is 35.9 Å². The van der Waals surface area contributed by atoms with Crippen LogP contribution in [0.5, 0.6) is 0 Å². The first-order valence-corrected chi connectivity index (χ1v) is 4.38. The minimum atomic E-state index is -0.795. The summed E-state index contributed by atoms with van der Waals surface area (Å²) in [6, 6.07) is 9.17. The Balaban J connectivity index is 0.00000121. The van der Waals surface area contributed by atoms with Crippen molar-refractivity contribution >= 4 is 66.3 Å². The molecule has 0 heterocycles. The molecule has 0 aliphatic carbocycles. The third-order valence-electron chi connectivity index (χ3n) is 1.31. The third-order valence-corrected chi connectivity index (χ3v) is 2.56. The van der Waals surface area contributed by atoms with Crippen LogP contribution in [0.4, 0.5) is 0 Å². The fraction of sp³-hybridized carbons (Fsp3) is 0.125. The number of alkyl halides is 1. The molecule has 0 aromatic heterocycles. The molecule has 0 fully saturated rings. The zero-order chi connectivity index (χ0) is 8.27. The molecule has 0 amide bonds. The topological polar surface area (TPSA) is 37.3 Å². The van der Waals surface area contributed by atoms with E-state index < -0.39 is 9.89 Å². The van der Waals surface area contributed by atoms with Crippen LogP contribution in [0.25, 0.3) is 0 Å². The Labute approximate surface area is 114 Å². The molecule has 0 saturated heterocycles. The van der Waals surface area contributed by atoms with Gasteiger partial charge in [0.1, 0.15) is 3.92 Å². The zero-order valence-corrected chi connectivity index (χ0v) is 7.86. The first kappa shape index (κ1) is 12.7. The summed E-state index contributed by atoms with van der Waals surface area (Å²) in [5, 5.41) is 8.63. The van der Waals surface area contributed by atoms with E-state index in [1.807, 2.05) is 52.9 Å². The first-order chi connectivity index (χ1) is 5.22. The standard InChI is InChI=1S/C8H7IO2.Ca.2H/c9-7(8(10)11)6-4-2-1-3-5-6;;;/h1-5,7H,(H,10,11);;;. The second-order valence-corrected chi connectivity index (χ2v) is 3.36. The number of carboxylic acids is 1. The Morgan fingerprint density at radius 1 is 1.33 bits per heavy atom. The molecule has 1 unspecified atom stereocenters. The Morgan fingerprint density at radius 3 is 2.25 bits per heavy atom. The number of carboxylic acid groups (broad SMARTS) is 1. The molecule has 0 bridgehead atoms. The zero-order valence-electron chi connectivity index (χ0n) is 5.70. The van der Waals surface area contributed by atoms with Gasteiger partial charge in [0, 0.05) is 0 Å². The van der Waals surface area contributed by atoms with E-state index >= 15 is 0 Å². The van der Waals surface area contributed by atoms with E-state index in [9.17, 15) is 4.79 Å². The van der Waals surface area contributed by atoms with Crippen molar-refractivity contribution in [2.24, 2.45) is 0 Å². The normalized spacial score (nSPS) is 11.4. The summed E-state index contributed by atoms with van der Waals surface area (Å²) in [4.78, 5) is 10.5. The summed E-state index contributed by atoms with van der Waals surface area (Å²) in [6.45, 7) is 0. The van der Waals surface area contributed by atoms with Gasteiger partial charge >= 0.3 is 43.7 Å². The van der Waals surface area contributed by atoms with Crippen LogP contribution in [0, 0.1) is 0 Å². The Kier molecular flexibility index (Phi) is 6.53. The number of hydrogen-bond donors (Lipinski definition) is 1. The van der Waals surface area contributed by atoms with Crippen molar-refractivity contribution in [3.63, 3.8) is 0 Å². The van der Waals surface area contributed by atoms with Crippen LogP contribution in [-0.4, -0.2) is 48.8 Å². The van der Waals surface area contributed by atoms with E-state index in [1.165, 1.54) is 0 Å². The van der Waals surface area contributed by atoms with Crippen LogP contribution in [0.1, 0.15) is 9.49 Å². The van der Waals surface area contributed by atoms with E-state index in [4.69, 9.17) is 5.11 Å². The summed E-state index contributed by atoms with van der Waals surface area (Å²) in [6.07, 6.45) is 0. The van der Waals surface area contributed by atoms with Crippen LogP contribution < -0.4 is 0 Å². The Morgan fingerprint density at radius 2 is 1.83 bits per heavy atom. The van der Waals surface area contributed by atoms with Gasteiger partial charge < -0.3 is 5.11 Å². The minimum absolute atomic E-state index is 0. The third kappa shape index (κ3) is 3.60. The average Bonchev–Trinajstić information content (AvgIpc) is 2.05. The molecule has 4 heteroatoms. The maximum absolute atomic E-state index is 10.5. The van der Waals surface area contributed by atoms with Gasteiger partial charge in [0.15, 0.2) is 0 Å². The monoisotopic (exact) mass is 304 g/mol. The quantitative estimate of drug-likeness (QED) is 0.508. The summed E-state index contributed by atoms with van der Waals surface area (Å²) >= 11 is 1.90. The van der Waals surface area contributed by atoms with Gasteiger partial charge in [-0.2, -0.15) is 0 Å². The fourth-order valence-electron chi connectivity index (χ4n) is 0.765. The van der Waals surface area contributed by atoms with Crippen LogP contribution in [0.2, 0.25) is 0 Å². The van der Waals surface area contributed by atoms with Gasteiger partial charge in [0.25, 0.3) is 0 Å². The Hall–Kier alpha value is 0.680. The van der Waals surface area contributed by atoms with Gasteiger partial charge in [-0.15, -0.1) is 0 Å². The van der Waals surface area contributed by atoms with Gasteiger partial charge in [-0.3, -0.25) is 4.79 Å². The van der Waals surface area contributed by atoms with Crippen LogP contribution in [0.15, 0.2) is 30.3 Å². The number of halogens is 1. The molecule has 0 spiro atoms. The number of hydrogen-bond acceptors (Lipinski definition) is 1. The summed E-state index contributed by atoms with van der Waals surface area (Å²) in [5.74, 6) is -0.795. The summed E-state index contributed by atoms with van der Waals surface area (Å²) in [5.41, 5.74) is 0.834. The van der Waals surface area contributed by atoms with E-state index in [-0.39, 0.29) is 37.7 Å². The van der Waals surface area contributed by atoms with Gasteiger partial charge in [0.2, 0.25) is 0 Å². The predicted molar refractivity (Wildman–Crippen MR) is 59.4 cm³/mol. The van der Waals surface area contributed by atoms with E-state index in [2.05, 4.69) is 0 Å². The predicted octanol–water partition coefficient (Wildman–Crippen LogP) is 1.33. The molecule has 62 valence electrons. The van der Waals surface area contributed by atoms with E-state index in [0.29, 0.717) is 0 Å². The fourth-order valence-corrected chi connectivity index (χ4v) is 1.18. The van der Waals surface area contributed by atoms with Crippen LogP contribution >= 0.6 is 22.6 Å². The van der Waals surface area contributed by atoms with Crippen LogP contribution in [-0.2, 0) is 4.79 Å². The number of benzene rings is 1. The van der Waals surface area contributed by atoms with Crippen molar-refractivity contribution in [1.29, 1.82) is 0 Å². The molecule has 0 aliphatic heterocycles. The average molecular weight is 304 g/mol. The second kappa shape index (κ2) is 6.18. The second-order valence-electron chi connectivity index (χ2n) is 2.11. The molecule has 1 atom stereocenters. The van der Waals surface area contributed by atoms with E-state index in [0.717, 1.165) is 5.56 Å². The van der Waals surface area contributed by atoms with Crippen molar-refractivity contribution in [2.75, 3.05) is 0 Å². The van der Waals surface area contributed by atoms with Gasteiger partial charge in [0.05, 0.1) is 0 Å². The molecular weight excluding hydrogens is 295 g/mol. The molecule has 0 saturated carbocycles. The van der Waals surface area contributed by atoms with Gasteiger partial charge in [-0.1, -0.05) is 52.9 Å². The molecule has 12 heavy (non-hydrogen) atoms. The Bertz CT molecular complexity index is 250. The first-order valence-electron chi connectivity index (χ1n) is 3.13. The molecule has 0 radical (unpaired) electrons. The van der Waals surface area contributed by atoms with Crippen molar-refractivity contribution in [2.45, 2.75) is 3.92 Å². The van der Waals surface area contributed by atoms with Crippen molar-refractivity contribution < 1.29 is 9.90 Å². The molecule has 1 aromatic rings. The maximum atomic E-state index is 10.5. The van der Waals surface area contributed by atoms with Gasteiger partial charge in [-0.25, -0.2) is 0 Å². The molecule has 2 nitrogen and oxygen atoms in total. The van der Waals surface area contributed by atoms with E-state index in [1.54, 1.807) is 0 Å². The van der Waals surface area contributed by atoms with Gasteiger partial charge in [-0.05, 0) is 5.56 Å². The van der Waals surface area contributed by atoms with Crippen LogP contribution in [0.3, 0.4) is 0 Å². The summed E-state index contributed by atoms with van der Waals surface area (Å²) in [7, 11) is 0. The molecule has 1 rings (SSSR count). The molecule has 1 aromatic carbocycles. The molecular formula is C8H9CaIO2. The van der Waals surface area contributed by atoms with Crippen molar-refractivity contribution in [1.82, 2.24) is 0 Å². The molecule has 0 aliphatic rings. The summed E-state index contributed by atoms with van der Waals surface area (Å²) < 4.78 is -0.436. The number of carbonyl (C=O) groups is 1. The SMILES string of the molecule is O=C(O)C(I)c1ccccc1.[CaH2]. The van der Waals surface area contributed by atoms with Crippen molar-refractivity contribution in [3.8, 4) is 0 Å². The number of rotatable bonds is 2.